The fourth-order valence-corrected chi connectivity index (χ4v) is 1.92. The first-order valence-electron chi connectivity index (χ1n) is 5.69. The molecule has 0 saturated heterocycles. The molecule has 0 bridgehead atoms. The summed E-state index contributed by atoms with van der Waals surface area (Å²) in [6.07, 6.45) is 0. The van der Waals surface area contributed by atoms with Crippen LogP contribution in [0.15, 0.2) is 24.3 Å². The second-order valence-electron chi connectivity index (χ2n) is 4.27. The number of nitrogens with zero attached hydrogens (tertiary/aromatic N) is 3. The number of imidazole rings is 1. The van der Waals surface area contributed by atoms with E-state index in [2.05, 4.69) is 4.98 Å². The van der Waals surface area contributed by atoms with Crippen molar-refractivity contribution in [3.63, 3.8) is 0 Å². The van der Waals surface area contributed by atoms with Crippen LogP contribution in [-0.4, -0.2) is 27.8 Å². The number of aryl methyl sites for hydroxylation is 1. The summed E-state index contributed by atoms with van der Waals surface area (Å²) in [5.41, 5.74) is 1.74. The van der Waals surface area contributed by atoms with Crippen molar-refractivity contribution in [2.24, 2.45) is 7.05 Å². The number of benzene rings is 1. The molecule has 94 valence electrons. The van der Waals surface area contributed by atoms with Gasteiger partial charge in [0.2, 0.25) is 11.9 Å². The lowest BCUT2D eigenvalue weighted by molar-refractivity contribution is -0.120. The van der Waals surface area contributed by atoms with E-state index < -0.39 is 0 Å². The molecule has 18 heavy (non-hydrogen) atoms. The Kier molecular flexibility index (Phi) is 3.14. The van der Waals surface area contributed by atoms with Crippen molar-refractivity contribution in [1.29, 1.82) is 0 Å². The normalized spacial score (nSPS) is 10.6. The Bertz CT molecular complexity index is 616. The maximum Gasteiger partial charge on any atom is 0.226 e. The van der Waals surface area contributed by atoms with Crippen LogP contribution in [0, 0.1) is 0 Å². The fraction of sp³-hybridized carbons (Fsp3) is 0.308. The van der Waals surface area contributed by atoms with Crippen molar-refractivity contribution in [2.75, 3.05) is 11.4 Å². The van der Waals surface area contributed by atoms with Gasteiger partial charge < -0.3 is 4.57 Å². The zero-order valence-corrected chi connectivity index (χ0v) is 10.7. The predicted octanol–water partition coefficient (Wildman–Crippen LogP) is 1.52. The van der Waals surface area contributed by atoms with E-state index in [9.17, 15) is 9.59 Å². The number of carbonyl (C=O) groups is 2. The van der Waals surface area contributed by atoms with Crippen molar-refractivity contribution < 1.29 is 9.59 Å². The van der Waals surface area contributed by atoms with Crippen LogP contribution in [0.2, 0.25) is 0 Å². The van der Waals surface area contributed by atoms with Crippen LogP contribution >= 0.6 is 0 Å². The summed E-state index contributed by atoms with van der Waals surface area (Å²) >= 11 is 0. The van der Waals surface area contributed by atoms with E-state index in [-0.39, 0.29) is 18.2 Å². The zero-order valence-electron chi connectivity index (χ0n) is 10.7. The van der Waals surface area contributed by atoms with Crippen molar-refractivity contribution in [3.05, 3.63) is 24.3 Å². The molecule has 5 nitrogen and oxygen atoms in total. The quantitative estimate of drug-likeness (QED) is 0.823. The third kappa shape index (κ3) is 2.11. The Morgan fingerprint density at radius 2 is 1.94 bits per heavy atom. The van der Waals surface area contributed by atoms with E-state index in [0.29, 0.717) is 5.95 Å². The molecular formula is C13H15N3O2. The van der Waals surface area contributed by atoms with Crippen molar-refractivity contribution in [1.82, 2.24) is 9.55 Å². The van der Waals surface area contributed by atoms with Gasteiger partial charge in [-0.15, -0.1) is 0 Å². The third-order valence-electron chi connectivity index (χ3n) is 2.77. The van der Waals surface area contributed by atoms with E-state index in [1.165, 1.54) is 18.7 Å². The molecule has 2 aromatic rings. The molecule has 0 fully saturated rings. The first-order valence-corrected chi connectivity index (χ1v) is 5.69. The first-order chi connectivity index (χ1) is 8.50. The van der Waals surface area contributed by atoms with Crippen LogP contribution in [-0.2, 0) is 16.6 Å². The summed E-state index contributed by atoms with van der Waals surface area (Å²) in [4.78, 5) is 28.7. The average molecular weight is 245 g/mol. The maximum absolute atomic E-state index is 11.6. The van der Waals surface area contributed by atoms with Gasteiger partial charge in [-0.1, -0.05) is 12.1 Å². The van der Waals surface area contributed by atoms with Crippen LogP contribution in [0.4, 0.5) is 5.95 Å². The molecule has 0 radical (unpaired) electrons. The lowest BCUT2D eigenvalue weighted by Gasteiger charge is -2.18. The van der Waals surface area contributed by atoms with E-state index >= 15 is 0 Å². The van der Waals surface area contributed by atoms with Gasteiger partial charge in [0.05, 0.1) is 17.6 Å². The first kappa shape index (κ1) is 12.3. The van der Waals surface area contributed by atoms with Gasteiger partial charge in [0.1, 0.15) is 5.78 Å². The van der Waals surface area contributed by atoms with E-state index in [0.717, 1.165) is 11.0 Å². The number of carbonyl (C=O) groups excluding carboxylic acids is 2. The topological polar surface area (TPSA) is 55.2 Å². The molecule has 0 spiro atoms. The maximum atomic E-state index is 11.6. The summed E-state index contributed by atoms with van der Waals surface area (Å²) in [6, 6.07) is 7.61. The molecule has 0 saturated carbocycles. The Balaban J connectivity index is 2.53. The van der Waals surface area contributed by atoms with Gasteiger partial charge in [-0.25, -0.2) is 4.98 Å². The highest BCUT2D eigenvalue weighted by Crippen LogP contribution is 2.20. The summed E-state index contributed by atoms with van der Waals surface area (Å²) < 4.78 is 1.82. The molecular weight excluding hydrogens is 230 g/mol. The second-order valence-corrected chi connectivity index (χ2v) is 4.27. The highest BCUT2D eigenvalue weighted by atomic mass is 16.2. The van der Waals surface area contributed by atoms with Crippen LogP contribution < -0.4 is 4.90 Å². The predicted molar refractivity (Wildman–Crippen MR) is 69.4 cm³/mol. The molecule has 1 aromatic carbocycles. The van der Waals surface area contributed by atoms with Gasteiger partial charge in [0, 0.05) is 14.0 Å². The molecule has 2 rings (SSSR count). The molecule has 5 heteroatoms. The SMILES string of the molecule is CC(=O)CN(C(C)=O)c1nc2ccccc2n1C. The fourth-order valence-electron chi connectivity index (χ4n) is 1.92. The lowest BCUT2D eigenvalue weighted by atomic mass is 10.3. The Hall–Kier alpha value is -2.17. The molecule has 1 aromatic heterocycles. The van der Waals surface area contributed by atoms with E-state index in [4.69, 9.17) is 0 Å². The van der Waals surface area contributed by atoms with Gasteiger partial charge in [0.15, 0.2) is 0 Å². The highest BCUT2D eigenvalue weighted by molar-refractivity contribution is 5.97. The molecule has 0 atom stereocenters. The van der Waals surface area contributed by atoms with Gasteiger partial charge in [0.25, 0.3) is 0 Å². The number of hydrogen-bond acceptors (Lipinski definition) is 3. The molecule has 1 heterocycles. The smallest absolute Gasteiger partial charge is 0.226 e. The summed E-state index contributed by atoms with van der Waals surface area (Å²) in [6.45, 7) is 2.94. The van der Waals surface area contributed by atoms with E-state index in [1.54, 1.807) is 0 Å². The Morgan fingerprint density at radius 1 is 1.28 bits per heavy atom. The molecule has 0 aliphatic carbocycles. The Labute approximate surface area is 105 Å². The minimum atomic E-state index is -0.191. The minimum absolute atomic E-state index is 0.0481. The summed E-state index contributed by atoms with van der Waals surface area (Å²) in [5.74, 6) is 0.236. The number of anilines is 1. The minimum Gasteiger partial charge on any atom is -0.313 e. The molecule has 1 amide bonds. The number of fused-ring (bicyclic) bond motifs is 1. The van der Waals surface area contributed by atoms with Gasteiger partial charge in [-0.05, 0) is 19.1 Å². The number of aromatic nitrogens is 2. The molecule has 0 aliphatic heterocycles. The van der Waals surface area contributed by atoms with Gasteiger partial charge in [-0.2, -0.15) is 0 Å². The zero-order chi connectivity index (χ0) is 13.3. The van der Waals surface area contributed by atoms with Crippen LogP contribution in [0.1, 0.15) is 13.8 Å². The Morgan fingerprint density at radius 3 is 2.50 bits per heavy atom. The number of hydrogen-bond donors (Lipinski definition) is 0. The summed E-state index contributed by atoms with van der Waals surface area (Å²) in [5, 5.41) is 0. The van der Waals surface area contributed by atoms with Crippen molar-refractivity contribution >= 4 is 28.7 Å². The van der Waals surface area contributed by atoms with Crippen LogP contribution in [0.25, 0.3) is 11.0 Å². The summed E-state index contributed by atoms with van der Waals surface area (Å²) in [7, 11) is 1.83. The van der Waals surface area contributed by atoms with Crippen molar-refractivity contribution in [3.8, 4) is 0 Å². The number of ketones is 1. The molecule has 0 unspecified atom stereocenters. The highest BCUT2D eigenvalue weighted by Gasteiger charge is 2.19. The number of amides is 1. The number of Topliss-reactive ketones (excluding diaryl/α,β-unsaturated/α-hetero) is 1. The third-order valence-corrected chi connectivity index (χ3v) is 2.77. The van der Waals surface area contributed by atoms with Gasteiger partial charge in [-0.3, -0.25) is 14.5 Å². The second kappa shape index (κ2) is 4.60. The lowest BCUT2D eigenvalue weighted by Crippen LogP contribution is -2.34. The van der Waals surface area contributed by atoms with Crippen LogP contribution in [0.3, 0.4) is 0 Å². The molecule has 0 aliphatic rings. The number of para-hydroxylation sites is 2. The average Bonchev–Trinajstić information content (AvgIpc) is 2.64. The standard InChI is InChI=1S/C13H15N3O2/c1-9(17)8-16(10(2)18)13-14-11-6-4-5-7-12(11)15(13)3/h4-7H,8H2,1-3H3. The van der Waals surface area contributed by atoms with Gasteiger partial charge >= 0.3 is 0 Å². The van der Waals surface area contributed by atoms with Crippen LogP contribution in [0.5, 0.6) is 0 Å². The molecule has 0 N–H and O–H groups in total. The number of rotatable bonds is 3. The van der Waals surface area contributed by atoms with E-state index in [1.807, 2.05) is 35.9 Å². The monoisotopic (exact) mass is 245 g/mol. The van der Waals surface area contributed by atoms with Crippen molar-refractivity contribution in [2.45, 2.75) is 13.8 Å². The largest absolute Gasteiger partial charge is 0.313 e.